The lowest BCUT2D eigenvalue weighted by Gasteiger charge is -2.37. The van der Waals surface area contributed by atoms with Crippen LogP contribution in [0.15, 0.2) is 15.3 Å². The fourth-order valence-electron chi connectivity index (χ4n) is 2.20. The van der Waals surface area contributed by atoms with E-state index in [1.807, 2.05) is 6.92 Å². The van der Waals surface area contributed by atoms with Crippen LogP contribution in [-0.4, -0.2) is 5.71 Å². The summed E-state index contributed by atoms with van der Waals surface area (Å²) in [5.74, 6) is 5.16. The Labute approximate surface area is 119 Å². The number of hydrogen-bond acceptors (Lipinski definition) is 2. The molecule has 0 aliphatic heterocycles. The third kappa shape index (κ3) is 3.46. The molecule has 0 spiro atoms. The van der Waals surface area contributed by atoms with E-state index >= 15 is 0 Å². The first-order valence-corrected chi connectivity index (χ1v) is 7.52. The van der Waals surface area contributed by atoms with E-state index in [9.17, 15) is 0 Å². The average Bonchev–Trinajstić information content (AvgIpc) is 2.22. The van der Waals surface area contributed by atoms with Gasteiger partial charge in [0, 0.05) is 11.1 Å². The minimum Gasteiger partial charge on any atom is -0.323 e. The van der Waals surface area contributed by atoms with Crippen molar-refractivity contribution in [3.8, 4) is 0 Å². The second kappa shape index (κ2) is 5.72. The van der Waals surface area contributed by atoms with E-state index in [2.05, 4.69) is 48.1 Å². The van der Waals surface area contributed by atoms with E-state index in [1.165, 1.54) is 42.1 Å². The van der Waals surface area contributed by atoms with Crippen LogP contribution < -0.4 is 5.84 Å². The molecule has 0 atom stereocenters. The molecule has 2 fully saturated rings. The molecule has 2 aliphatic carbocycles. The van der Waals surface area contributed by atoms with Crippen LogP contribution in [0.4, 0.5) is 0 Å². The molecule has 2 nitrogen and oxygen atoms in total. The van der Waals surface area contributed by atoms with Gasteiger partial charge in [-0.05, 0) is 64.2 Å². The minimum absolute atomic E-state index is 0.356. The summed E-state index contributed by atoms with van der Waals surface area (Å²) in [6.07, 6.45) is 7.98. The normalized spacial score (nSPS) is 24.8. The van der Waals surface area contributed by atoms with E-state index in [4.69, 9.17) is 5.84 Å². The van der Waals surface area contributed by atoms with Crippen LogP contribution in [0.1, 0.15) is 59.3 Å². The van der Waals surface area contributed by atoms with E-state index in [1.54, 1.807) is 0 Å². The number of allylic oxidation sites excluding steroid dienone is 1. The van der Waals surface area contributed by atoms with Crippen molar-refractivity contribution in [2.45, 2.75) is 59.3 Å². The molecule has 0 radical (unpaired) electrons. The van der Waals surface area contributed by atoms with Crippen molar-refractivity contribution in [1.29, 1.82) is 0 Å². The average molecular weight is 348 g/mol. The molecule has 2 aliphatic rings. The molecular weight excluding hydrogens is 323 g/mol. The van der Waals surface area contributed by atoms with Gasteiger partial charge in [0.25, 0.3) is 0 Å². The van der Waals surface area contributed by atoms with Crippen LogP contribution in [0.5, 0.6) is 0 Å². The maximum atomic E-state index is 5.16. The molecule has 98 valence electrons. The van der Waals surface area contributed by atoms with Gasteiger partial charge in [-0.1, -0.05) is 33.3 Å². The Hall–Kier alpha value is -0.0600. The fourth-order valence-corrected chi connectivity index (χ4v) is 2.74. The Bertz CT molecular complexity index is 312. The Balaban J connectivity index is 0.000000171. The van der Waals surface area contributed by atoms with Gasteiger partial charge in [-0.25, -0.2) is 0 Å². The molecule has 2 rings (SSSR count). The van der Waals surface area contributed by atoms with Crippen molar-refractivity contribution in [2.75, 3.05) is 0 Å². The summed E-state index contributed by atoms with van der Waals surface area (Å²) >= 11 is 2.34. The molecule has 17 heavy (non-hydrogen) atoms. The number of nitrogens with zero attached hydrogens (tertiary/aromatic N) is 1. The van der Waals surface area contributed by atoms with Crippen LogP contribution in [-0.2, 0) is 0 Å². The summed E-state index contributed by atoms with van der Waals surface area (Å²) in [6, 6.07) is 0. The highest BCUT2D eigenvalue weighted by molar-refractivity contribution is 14.1. The van der Waals surface area contributed by atoms with Gasteiger partial charge in [0.05, 0.1) is 0 Å². The largest absolute Gasteiger partial charge is 0.323 e. The predicted octanol–water partition coefficient (Wildman–Crippen LogP) is 4.64. The summed E-state index contributed by atoms with van der Waals surface area (Å²) in [4.78, 5) is 0. The molecule has 0 saturated heterocycles. The summed E-state index contributed by atoms with van der Waals surface area (Å²) in [7, 11) is 0. The van der Waals surface area contributed by atoms with Gasteiger partial charge >= 0.3 is 0 Å². The molecule has 0 aromatic carbocycles. The summed E-state index contributed by atoms with van der Waals surface area (Å²) in [5.41, 5.74) is 1.98. The van der Waals surface area contributed by atoms with Crippen LogP contribution in [0.2, 0.25) is 0 Å². The first-order valence-electron chi connectivity index (χ1n) is 6.44. The first kappa shape index (κ1) is 15.0. The second-order valence-corrected chi connectivity index (χ2v) is 7.25. The number of hydrazone groups is 1. The third-order valence-corrected chi connectivity index (χ3v) is 5.94. The Kier molecular flexibility index (Phi) is 5.05. The molecule has 0 aromatic heterocycles. The van der Waals surface area contributed by atoms with Crippen molar-refractivity contribution >= 4 is 28.3 Å². The highest BCUT2D eigenvalue weighted by atomic mass is 127. The molecular formula is C14H25IN2. The zero-order valence-corrected chi connectivity index (χ0v) is 13.5. The Morgan fingerprint density at radius 1 is 1.12 bits per heavy atom. The van der Waals surface area contributed by atoms with E-state index in [-0.39, 0.29) is 0 Å². The lowest BCUT2D eigenvalue weighted by Crippen LogP contribution is -2.33. The van der Waals surface area contributed by atoms with E-state index in [0.717, 1.165) is 5.71 Å². The number of rotatable bonds is 2. The van der Waals surface area contributed by atoms with Gasteiger partial charge in [0.15, 0.2) is 0 Å². The number of hydrogen-bond donors (Lipinski definition) is 1. The zero-order chi connectivity index (χ0) is 13.1. The maximum absolute atomic E-state index is 5.16. The molecule has 0 aromatic rings. The van der Waals surface area contributed by atoms with Gasteiger partial charge in [0.1, 0.15) is 0 Å². The molecule has 2 N–H and O–H groups in total. The maximum Gasteiger partial charge on any atom is 0.0403 e. The van der Waals surface area contributed by atoms with E-state index in [0.29, 0.717) is 10.8 Å². The lowest BCUT2D eigenvalue weighted by molar-refractivity contribution is 0.232. The minimum atomic E-state index is 0.356. The molecule has 0 heterocycles. The monoisotopic (exact) mass is 348 g/mol. The van der Waals surface area contributed by atoms with Crippen LogP contribution >= 0.6 is 22.6 Å². The van der Waals surface area contributed by atoms with Gasteiger partial charge in [-0.15, -0.1) is 0 Å². The van der Waals surface area contributed by atoms with Crippen molar-refractivity contribution < 1.29 is 0 Å². The first-order chi connectivity index (χ1) is 7.84. The van der Waals surface area contributed by atoms with Crippen molar-refractivity contribution in [1.82, 2.24) is 0 Å². The van der Waals surface area contributed by atoms with Crippen LogP contribution in [0, 0.1) is 10.8 Å². The lowest BCUT2D eigenvalue weighted by atomic mass is 9.68. The third-order valence-electron chi connectivity index (χ3n) is 4.64. The van der Waals surface area contributed by atoms with Gasteiger partial charge < -0.3 is 5.84 Å². The van der Waals surface area contributed by atoms with Crippen molar-refractivity contribution in [2.24, 2.45) is 21.8 Å². The van der Waals surface area contributed by atoms with E-state index < -0.39 is 0 Å². The molecule has 0 bridgehead atoms. The Morgan fingerprint density at radius 2 is 1.53 bits per heavy atom. The Morgan fingerprint density at radius 3 is 1.59 bits per heavy atom. The standard InChI is InChI=1S/C7H11I.C7H14N2/c1-6(8)7(2)4-3-5-7;1-6(9-8)7(2)4-3-5-7/h1,3-5H2,2H3;3-5,8H2,1-2H3/b;9-6+. The topological polar surface area (TPSA) is 38.4 Å². The SMILES string of the molecule is C/C(=N\N)C1(C)CCC1.C=C(I)C1(C)CCC1. The molecule has 0 unspecified atom stereocenters. The fraction of sp³-hybridized carbons (Fsp3) is 0.786. The van der Waals surface area contributed by atoms with Gasteiger partial charge in [-0.3, -0.25) is 0 Å². The molecule has 2 saturated carbocycles. The summed E-state index contributed by atoms with van der Waals surface area (Å²) in [5, 5.41) is 3.70. The summed E-state index contributed by atoms with van der Waals surface area (Å²) < 4.78 is 1.33. The quantitative estimate of drug-likeness (QED) is 0.336. The highest BCUT2D eigenvalue weighted by Gasteiger charge is 2.34. The second-order valence-electron chi connectivity index (χ2n) is 5.95. The van der Waals surface area contributed by atoms with Crippen LogP contribution in [0.3, 0.4) is 0 Å². The van der Waals surface area contributed by atoms with Crippen LogP contribution in [0.25, 0.3) is 0 Å². The predicted molar refractivity (Wildman–Crippen MR) is 84.4 cm³/mol. The summed E-state index contributed by atoms with van der Waals surface area (Å²) in [6.45, 7) is 10.5. The van der Waals surface area contributed by atoms with Crippen molar-refractivity contribution in [3.05, 3.63) is 10.2 Å². The zero-order valence-electron chi connectivity index (χ0n) is 11.4. The van der Waals surface area contributed by atoms with Gasteiger partial charge in [0.2, 0.25) is 0 Å². The van der Waals surface area contributed by atoms with Crippen molar-refractivity contribution in [3.63, 3.8) is 0 Å². The molecule has 0 amide bonds. The highest BCUT2D eigenvalue weighted by Crippen LogP contribution is 2.48. The van der Waals surface area contributed by atoms with Gasteiger partial charge in [-0.2, -0.15) is 5.10 Å². The number of nitrogens with two attached hydrogens (primary N) is 1. The molecule has 3 heteroatoms. The smallest absolute Gasteiger partial charge is 0.0403 e. The number of halogens is 1.